The molecule has 6 rings (SSSR count). The van der Waals surface area contributed by atoms with Gasteiger partial charge < -0.3 is 9.47 Å². The molecule has 4 amide bonds. The van der Waals surface area contributed by atoms with Crippen molar-refractivity contribution in [1.29, 1.82) is 0 Å². The Morgan fingerprint density at radius 1 is 0.462 bits per heavy atom. The molecule has 2 aliphatic heterocycles. The molecule has 0 aliphatic carbocycles. The van der Waals surface area contributed by atoms with Gasteiger partial charge in [0.05, 0.1) is 22.5 Å². The lowest BCUT2D eigenvalue weighted by atomic mass is 9.98. The maximum Gasteiger partial charge on any atom is 0.422 e. The van der Waals surface area contributed by atoms with E-state index in [9.17, 15) is 19.2 Å². The third-order valence-corrected chi connectivity index (χ3v) is 9.81. The SMILES string of the molecule is CSc1ccc(-c2ccc(C3=C4C(=O)N(C(=O)OC(C)(C)C)C(c5ccc(-c6ccc(SC)cc6)cc5)=C4C(=O)N3C(=O)OC(C)(C)C)cc2)cc1. The minimum absolute atomic E-state index is 0.0394. The zero-order valence-corrected chi connectivity index (χ0v) is 32.0. The van der Waals surface area contributed by atoms with Crippen molar-refractivity contribution in [3.05, 3.63) is 119 Å². The Balaban J connectivity index is 1.53. The molecule has 2 heterocycles. The van der Waals surface area contributed by atoms with E-state index in [0.29, 0.717) is 11.1 Å². The number of rotatable bonds is 6. The van der Waals surface area contributed by atoms with Crippen LogP contribution in [0.5, 0.6) is 0 Å². The van der Waals surface area contributed by atoms with Gasteiger partial charge in [0.25, 0.3) is 11.8 Å². The van der Waals surface area contributed by atoms with Crippen LogP contribution in [0.4, 0.5) is 9.59 Å². The van der Waals surface area contributed by atoms with Gasteiger partial charge >= 0.3 is 12.2 Å². The summed E-state index contributed by atoms with van der Waals surface area (Å²) in [6, 6.07) is 30.7. The maximum absolute atomic E-state index is 14.6. The van der Waals surface area contributed by atoms with E-state index in [1.54, 1.807) is 89.3 Å². The molecule has 0 bridgehead atoms. The highest BCUT2D eigenvalue weighted by molar-refractivity contribution is 7.98. The molecule has 0 atom stereocenters. The summed E-state index contributed by atoms with van der Waals surface area (Å²) in [5.41, 5.74) is 2.67. The van der Waals surface area contributed by atoms with Crippen LogP contribution in [0.15, 0.2) is 118 Å². The summed E-state index contributed by atoms with van der Waals surface area (Å²) >= 11 is 3.30. The van der Waals surface area contributed by atoms with Crippen molar-refractivity contribution in [2.45, 2.75) is 62.5 Å². The van der Waals surface area contributed by atoms with Gasteiger partial charge in [-0.15, -0.1) is 23.5 Å². The van der Waals surface area contributed by atoms with Crippen LogP contribution < -0.4 is 0 Å². The first kappa shape index (κ1) is 36.7. The first-order chi connectivity index (χ1) is 24.6. The lowest BCUT2D eigenvalue weighted by Gasteiger charge is -2.27. The van der Waals surface area contributed by atoms with Crippen LogP contribution in [-0.2, 0) is 19.1 Å². The zero-order chi connectivity index (χ0) is 37.5. The fraction of sp³-hybridized carbons (Fsp3) is 0.238. The standard InChI is InChI=1S/C42H40N2O6S2/c1-41(2,3)49-39(47)43-35(29-13-9-25(10-14-29)27-17-21-31(51-7)22-18-27)33-34(37(43)45)36(44(38(33)46)40(48)50-42(4,5)6)30-15-11-26(12-16-30)28-19-23-32(52-8)24-20-28/h9-24H,1-8H3. The van der Waals surface area contributed by atoms with E-state index in [0.717, 1.165) is 41.8 Å². The molecule has 266 valence electrons. The Bertz CT molecular complexity index is 1970. The first-order valence-electron chi connectivity index (χ1n) is 16.7. The second-order valence-corrected chi connectivity index (χ2v) is 16.1. The van der Waals surface area contributed by atoms with E-state index < -0.39 is 35.2 Å². The summed E-state index contributed by atoms with van der Waals surface area (Å²) in [5.74, 6) is -1.55. The lowest BCUT2D eigenvalue weighted by molar-refractivity contribution is -0.123. The van der Waals surface area contributed by atoms with Crippen molar-refractivity contribution in [2.75, 3.05) is 12.5 Å². The van der Waals surface area contributed by atoms with Gasteiger partial charge in [-0.1, -0.05) is 72.8 Å². The van der Waals surface area contributed by atoms with E-state index in [2.05, 4.69) is 0 Å². The number of fused-ring (bicyclic) bond motifs is 1. The maximum atomic E-state index is 14.6. The van der Waals surface area contributed by atoms with Gasteiger partial charge in [-0.25, -0.2) is 19.4 Å². The Labute approximate surface area is 312 Å². The Morgan fingerprint density at radius 2 is 0.712 bits per heavy atom. The summed E-state index contributed by atoms with van der Waals surface area (Å²) in [6.07, 6.45) is 2.17. The van der Waals surface area contributed by atoms with Gasteiger partial charge in [0, 0.05) is 9.79 Å². The number of benzene rings is 4. The minimum atomic E-state index is -0.939. The van der Waals surface area contributed by atoms with Crippen molar-refractivity contribution in [3.63, 3.8) is 0 Å². The van der Waals surface area contributed by atoms with Crippen molar-refractivity contribution in [1.82, 2.24) is 9.80 Å². The molecule has 0 saturated heterocycles. The molecule has 0 spiro atoms. The van der Waals surface area contributed by atoms with Crippen LogP contribution in [0.3, 0.4) is 0 Å². The topological polar surface area (TPSA) is 93.2 Å². The smallest absolute Gasteiger partial charge is 0.422 e. The van der Waals surface area contributed by atoms with E-state index in [1.165, 1.54) is 0 Å². The molecule has 2 aliphatic rings. The fourth-order valence-electron chi connectivity index (χ4n) is 6.02. The number of carbonyl (C=O) groups is 4. The van der Waals surface area contributed by atoms with E-state index >= 15 is 0 Å². The quantitative estimate of drug-likeness (QED) is 0.181. The molecule has 10 heteroatoms. The highest BCUT2D eigenvalue weighted by atomic mass is 32.2. The van der Waals surface area contributed by atoms with Gasteiger partial charge in [-0.3, -0.25) is 9.59 Å². The van der Waals surface area contributed by atoms with Crippen LogP contribution in [-0.4, -0.2) is 57.5 Å². The highest BCUT2D eigenvalue weighted by Crippen LogP contribution is 2.48. The second kappa shape index (κ2) is 14.2. The molecule has 0 N–H and O–H groups in total. The van der Waals surface area contributed by atoms with Gasteiger partial charge in [0.15, 0.2) is 0 Å². The van der Waals surface area contributed by atoms with Crippen LogP contribution in [0.2, 0.25) is 0 Å². The summed E-state index contributed by atoms with van der Waals surface area (Å²) in [5, 5.41) is 0. The van der Waals surface area contributed by atoms with Crippen LogP contribution in [0.25, 0.3) is 33.6 Å². The van der Waals surface area contributed by atoms with Crippen molar-refractivity contribution in [2.24, 2.45) is 0 Å². The highest BCUT2D eigenvalue weighted by Gasteiger charge is 2.54. The molecule has 0 fully saturated rings. The average Bonchev–Trinajstić information content (AvgIpc) is 3.58. The third kappa shape index (κ3) is 7.31. The summed E-state index contributed by atoms with van der Waals surface area (Å²) in [7, 11) is 0. The van der Waals surface area contributed by atoms with Crippen LogP contribution in [0.1, 0.15) is 52.7 Å². The number of imide groups is 2. The number of hydrogen-bond acceptors (Lipinski definition) is 8. The van der Waals surface area contributed by atoms with Crippen LogP contribution >= 0.6 is 23.5 Å². The van der Waals surface area contributed by atoms with E-state index in [1.807, 2.05) is 85.3 Å². The van der Waals surface area contributed by atoms with Gasteiger partial charge in [-0.2, -0.15) is 0 Å². The minimum Gasteiger partial charge on any atom is -0.443 e. The molecule has 4 aromatic rings. The number of thioether (sulfide) groups is 2. The fourth-order valence-corrected chi connectivity index (χ4v) is 6.84. The molecule has 4 aromatic carbocycles. The second-order valence-electron chi connectivity index (χ2n) is 14.3. The lowest BCUT2D eigenvalue weighted by Crippen LogP contribution is -2.40. The van der Waals surface area contributed by atoms with E-state index in [4.69, 9.17) is 9.47 Å². The molecule has 0 saturated carbocycles. The summed E-state index contributed by atoms with van der Waals surface area (Å²) in [6.45, 7) is 10.2. The van der Waals surface area contributed by atoms with Crippen molar-refractivity contribution < 1.29 is 28.7 Å². The number of amides is 4. The van der Waals surface area contributed by atoms with Gasteiger partial charge in [-0.05, 0) is 112 Å². The number of carbonyl (C=O) groups excluding carboxylic acids is 4. The summed E-state index contributed by atoms with van der Waals surface area (Å²) < 4.78 is 11.4. The monoisotopic (exact) mass is 732 g/mol. The third-order valence-electron chi connectivity index (χ3n) is 8.32. The number of ether oxygens (including phenoxy) is 2. The average molecular weight is 733 g/mol. The molecule has 8 nitrogen and oxygen atoms in total. The molecular weight excluding hydrogens is 693 g/mol. The zero-order valence-electron chi connectivity index (χ0n) is 30.4. The first-order valence-corrected chi connectivity index (χ1v) is 19.2. The van der Waals surface area contributed by atoms with Crippen molar-refractivity contribution >= 4 is 58.9 Å². The van der Waals surface area contributed by atoms with E-state index in [-0.39, 0.29) is 22.5 Å². The predicted molar refractivity (Wildman–Crippen MR) is 207 cm³/mol. The molecule has 0 unspecified atom stereocenters. The normalized spacial score (nSPS) is 14.7. The molecule has 0 aromatic heterocycles. The molecule has 0 radical (unpaired) electrons. The van der Waals surface area contributed by atoms with Gasteiger partial charge in [0.2, 0.25) is 0 Å². The molecule has 52 heavy (non-hydrogen) atoms. The predicted octanol–water partition coefficient (Wildman–Crippen LogP) is 10.1. The largest absolute Gasteiger partial charge is 0.443 e. The molecular formula is C42H40N2O6S2. The Hall–Kier alpha value is -5.06. The van der Waals surface area contributed by atoms with Crippen molar-refractivity contribution in [3.8, 4) is 22.3 Å². The Morgan fingerprint density at radius 3 is 0.962 bits per heavy atom. The Kier molecular flexibility index (Phi) is 10.0. The number of nitrogens with zero attached hydrogens (tertiary/aromatic N) is 2. The number of hydrogen-bond donors (Lipinski definition) is 0. The van der Waals surface area contributed by atoms with Crippen LogP contribution in [0, 0.1) is 0 Å². The summed E-state index contributed by atoms with van der Waals surface area (Å²) in [4.78, 5) is 60.9. The van der Waals surface area contributed by atoms with Gasteiger partial charge in [0.1, 0.15) is 11.2 Å².